The van der Waals surface area contributed by atoms with Gasteiger partial charge in [0.25, 0.3) is 0 Å². The van der Waals surface area contributed by atoms with E-state index in [2.05, 4.69) is 10.1 Å². The first-order valence-electron chi connectivity index (χ1n) is 8.95. The zero-order chi connectivity index (χ0) is 20.4. The van der Waals surface area contributed by atoms with E-state index in [1.165, 1.54) is 27.4 Å². The van der Waals surface area contributed by atoms with Crippen LogP contribution in [-0.4, -0.2) is 31.7 Å². The molecule has 0 atom stereocenters. The maximum atomic E-state index is 14.5. The highest BCUT2D eigenvalue weighted by molar-refractivity contribution is 5.88. The predicted molar refractivity (Wildman–Crippen MR) is 102 cm³/mol. The summed E-state index contributed by atoms with van der Waals surface area (Å²) in [6, 6.07) is 4.29. The Hall–Kier alpha value is -3.29. The van der Waals surface area contributed by atoms with E-state index < -0.39 is 17.6 Å². The molecular weight excluding hydrogens is 366 g/mol. The van der Waals surface area contributed by atoms with E-state index in [9.17, 15) is 13.6 Å². The number of fused-ring (bicyclic) bond motifs is 2. The highest BCUT2D eigenvalue weighted by Gasteiger charge is 2.16. The van der Waals surface area contributed by atoms with Crippen molar-refractivity contribution >= 4 is 22.5 Å². The van der Waals surface area contributed by atoms with E-state index in [0.717, 1.165) is 0 Å². The van der Waals surface area contributed by atoms with Crippen LogP contribution in [0.4, 0.5) is 8.78 Å². The third-order valence-electron chi connectivity index (χ3n) is 4.00. The molecule has 0 bridgehead atoms. The van der Waals surface area contributed by atoms with Gasteiger partial charge in [-0.15, -0.1) is 0 Å². The van der Waals surface area contributed by atoms with Gasteiger partial charge in [-0.05, 0) is 30.7 Å². The van der Waals surface area contributed by atoms with Crippen molar-refractivity contribution in [2.45, 2.75) is 20.8 Å². The minimum absolute atomic E-state index is 0.000249. The fraction of sp³-hybridized carbons (Fsp3) is 0.250. The Morgan fingerprint density at radius 3 is 2.50 bits per heavy atom. The monoisotopic (exact) mass is 386 g/mol. The second-order valence-electron chi connectivity index (χ2n) is 5.85. The second-order valence-corrected chi connectivity index (χ2v) is 5.85. The molecule has 8 heteroatoms. The Kier molecular flexibility index (Phi) is 5.39. The molecule has 0 fully saturated rings. The number of halogens is 2. The molecule has 0 aliphatic rings. The van der Waals surface area contributed by atoms with Gasteiger partial charge in [0.1, 0.15) is 5.52 Å². The summed E-state index contributed by atoms with van der Waals surface area (Å²) in [4.78, 5) is 15.8. The van der Waals surface area contributed by atoms with Crippen LogP contribution in [0.25, 0.3) is 27.7 Å². The summed E-state index contributed by atoms with van der Waals surface area (Å²) >= 11 is 0. The molecule has 0 N–H and O–H groups in total. The van der Waals surface area contributed by atoms with Crippen molar-refractivity contribution in [1.82, 2.24) is 19.2 Å². The number of carbonyl (C=O) groups is 1. The van der Waals surface area contributed by atoms with Crippen LogP contribution < -0.4 is 0 Å². The zero-order valence-electron chi connectivity index (χ0n) is 16.0. The SMILES string of the molecule is CC.CCOC(=O)c1cn2cc(-c3cc(F)c4nn(C)cc4c3)cc(F)c2n1. The third-order valence-corrected chi connectivity index (χ3v) is 4.00. The molecular formula is C20H20F2N4O2. The lowest BCUT2D eigenvalue weighted by Crippen LogP contribution is -2.04. The molecule has 0 unspecified atom stereocenters. The van der Waals surface area contributed by atoms with Gasteiger partial charge in [-0.2, -0.15) is 5.10 Å². The second kappa shape index (κ2) is 7.75. The topological polar surface area (TPSA) is 61.4 Å². The van der Waals surface area contributed by atoms with Gasteiger partial charge in [0.05, 0.1) is 6.61 Å². The maximum absolute atomic E-state index is 14.5. The summed E-state index contributed by atoms with van der Waals surface area (Å²) in [5, 5.41) is 4.67. The van der Waals surface area contributed by atoms with Crippen LogP contribution in [0.15, 0.2) is 36.8 Å². The standard InChI is InChI=1S/C18H14F2N4O2.C2H6/c1-3-26-18(25)15-9-24-8-11(6-14(20)17(24)21-15)10-4-12-7-23(2)22-16(12)13(19)5-10;1-2/h4-9H,3H2,1-2H3;1-2H3. The third kappa shape index (κ3) is 3.45. The van der Waals surface area contributed by atoms with Crippen molar-refractivity contribution in [1.29, 1.82) is 0 Å². The van der Waals surface area contributed by atoms with E-state index in [-0.39, 0.29) is 23.5 Å². The Morgan fingerprint density at radius 1 is 1.07 bits per heavy atom. The highest BCUT2D eigenvalue weighted by atomic mass is 19.1. The summed E-state index contributed by atoms with van der Waals surface area (Å²) in [5.41, 5.74) is 1.21. The Morgan fingerprint density at radius 2 is 1.79 bits per heavy atom. The molecule has 1 aromatic carbocycles. The Bertz CT molecular complexity index is 1160. The number of pyridine rings is 1. The molecule has 0 spiro atoms. The van der Waals surface area contributed by atoms with Crippen LogP contribution in [0.5, 0.6) is 0 Å². The van der Waals surface area contributed by atoms with Gasteiger partial charge in [0, 0.05) is 36.6 Å². The van der Waals surface area contributed by atoms with Crippen molar-refractivity contribution in [3.8, 4) is 11.1 Å². The van der Waals surface area contributed by atoms with Crippen molar-refractivity contribution in [3.63, 3.8) is 0 Å². The average molecular weight is 386 g/mol. The number of hydrogen-bond donors (Lipinski definition) is 0. The zero-order valence-corrected chi connectivity index (χ0v) is 16.0. The molecule has 146 valence electrons. The van der Waals surface area contributed by atoms with Gasteiger partial charge in [0.2, 0.25) is 0 Å². The Labute approximate surface area is 160 Å². The number of esters is 1. The van der Waals surface area contributed by atoms with Gasteiger partial charge in [-0.1, -0.05) is 13.8 Å². The minimum atomic E-state index is -0.625. The van der Waals surface area contributed by atoms with Gasteiger partial charge in [-0.3, -0.25) is 4.68 Å². The van der Waals surface area contributed by atoms with Gasteiger partial charge >= 0.3 is 5.97 Å². The molecule has 4 rings (SSSR count). The molecule has 0 aliphatic carbocycles. The average Bonchev–Trinajstić information content (AvgIpc) is 3.27. The number of benzene rings is 1. The summed E-state index contributed by atoms with van der Waals surface area (Å²) in [7, 11) is 1.70. The van der Waals surface area contributed by atoms with Crippen LogP contribution in [0.1, 0.15) is 31.3 Å². The molecule has 3 heterocycles. The van der Waals surface area contributed by atoms with Crippen molar-refractivity contribution in [2.75, 3.05) is 6.61 Å². The largest absolute Gasteiger partial charge is 0.461 e. The van der Waals surface area contributed by atoms with E-state index in [0.29, 0.717) is 16.5 Å². The van der Waals surface area contributed by atoms with E-state index in [4.69, 9.17) is 4.74 Å². The normalized spacial score (nSPS) is 10.8. The number of imidazole rings is 1. The first-order valence-corrected chi connectivity index (χ1v) is 8.95. The molecule has 0 saturated heterocycles. The number of ether oxygens (including phenoxy) is 1. The van der Waals surface area contributed by atoms with Crippen molar-refractivity contribution in [2.24, 2.45) is 7.05 Å². The van der Waals surface area contributed by atoms with Crippen LogP contribution in [0.3, 0.4) is 0 Å². The molecule has 0 amide bonds. The summed E-state index contributed by atoms with van der Waals surface area (Å²) < 4.78 is 36.6. The van der Waals surface area contributed by atoms with Gasteiger partial charge in [-0.25, -0.2) is 18.6 Å². The molecule has 0 saturated carbocycles. The summed E-state index contributed by atoms with van der Waals surface area (Å²) in [5.74, 6) is -1.74. The highest BCUT2D eigenvalue weighted by Crippen LogP contribution is 2.28. The number of nitrogens with zero attached hydrogens (tertiary/aromatic N) is 4. The number of aromatic nitrogens is 4. The molecule has 3 aromatic heterocycles. The first-order chi connectivity index (χ1) is 13.5. The Balaban J connectivity index is 0.00000109. The van der Waals surface area contributed by atoms with Gasteiger partial charge < -0.3 is 9.14 Å². The fourth-order valence-corrected chi connectivity index (χ4v) is 2.90. The summed E-state index contributed by atoms with van der Waals surface area (Å²) in [6.07, 6.45) is 4.66. The number of carbonyl (C=O) groups excluding carboxylic acids is 1. The van der Waals surface area contributed by atoms with Crippen LogP contribution >= 0.6 is 0 Å². The number of hydrogen-bond acceptors (Lipinski definition) is 4. The number of aryl methyl sites for hydroxylation is 1. The lowest BCUT2D eigenvalue weighted by molar-refractivity contribution is 0.0520. The van der Waals surface area contributed by atoms with E-state index in [1.807, 2.05) is 13.8 Å². The molecule has 0 radical (unpaired) electrons. The number of rotatable bonds is 3. The van der Waals surface area contributed by atoms with E-state index in [1.54, 1.807) is 32.4 Å². The fourth-order valence-electron chi connectivity index (χ4n) is 2.90. The smallest absolute Gasteiger partial charge is 0.358 e. The van der Waals surface area contributed by atoms with Crippen LogP contribution in [-0.2, 0) is 11.8 Å². The molecule has 28 heavy (non-hydrogen) atoms. The van der Waals surface area contributed by atoms with Crippen molar-refractivity contribution < 1.29 is 18.3 Å². The van der Waals surface area contributed by atoms with Crippen LogP contribution in [0, 0.1) is 11.6 Å². The predicted octanol–water partition coefficient (Wildman–Crippen LogP) is 4.37. The quantitative estimate of drug-likeness (QED) is 0.491. The van der Waals surface area contributed by atoms with Crippen molar-refractivity contribution in [3.05, 3.63) is 54.1 Å². The van der Waals surface area contributed by atoms with E-state index >= 15 is 0 Å². The lowest BCUT2D eigenvalue weighted by Gasteiger charge is -2.05. The maximum Gasteiger partial charge on any atom is 0.358 e. The van der Waals surface area contributed by atoms with Crippen LogP contribution in [0.2, 0.25) is 0 Å². The molecule has 6 nitrogen and oxygen atoms in total. The van der Waals surface area contributed by atoms with Gasteiger partial charge in [0.15, 0.2) is 23.0 Å². The molecule has 4 aromatic rings. The first kappa shape index (κ1) is 19.5. The molecule has 0 aliphatic heterocycles. The summed E-state index contributed by atoms with van der Waals surface area (Å²) in [6.45, 7) is 5.88. The minimum Gasteiger partial charge on any atom is -0.461 e. The lowest BCUT2D eigenvalue weighted by atomic mass is 10.1.